The van der Waals surface area contributed by atoms with Crippen molar-refractivity contribution in [1.29, 1.82) is 5.26 Å². The number of nitrogens with zero attached hydrogens (tertiary/aromatic N) is 1. The van der Waals surface area contributed by atoms with Gasteiger partial charge in [-0.3, -0.25) is 4.79 Å². The molecule has 0 saturated heterocycles. The molecule has 1 fully saturated rings. The van der Waals surface area contributed by atoms with Gasteiger partial charge in [0, 0.05) is 5.92 Å². The number of aliphatic carboxylic acids is 1. The fraction of sp³-hybridized carbons (Fsp3) is 0.360. The van der Waals surface area contributed by atoms with Crippen LogP contribution in [-0.4, -0.2) is 22.1 Å². The minimum absolute atomic E-state index is 0.143. The maximum absolute atomic E-state index is 14.3. The SMILES string of the molecule is CCSC(F)(F)C(Cl)=CC1C(C)(C)C1(C(=O)O)C(C#N)c1cccc(Oc2ccccc2)c1. The van der Waals surface area contributed by atoms with Crippen molar-refractivity contribution in [3.05, 3.63) is 71.3 Å². The lowest BCUT2D eigenvalue weighted by Crippen LogP contribution is -2.29. The lowest BCUT2D eigenvalue weighted by atomic mass is 9.78. The maximum Gasteiger partial charge on any atom is 0.329 e. The van der Waals surface area contributed by atoms with Crippen LogP contribution in [0.25, 0.3) is 0 Å². The Hall–Kier alpha value is -2.56. The molecule has 8 heteroatoms. The van der Waals surface area contributed by atoms with Crippen molar-refractivity contribution >= 4 is 29.3 Å². The molecule has 0 bridgehead atoms. The van der Waals surface area contributed by atoms with Crippen molar-refractivity contribution in [3.63, 3.8) is 0 Å². The number of ether oxygens (including phenoxy) is 1. The summed E-state index contributed by atoms with van der Waals surface area (Å²) in [5.41, 5.74) is -2.17. The first-order valence-electron chi connectivity index (χ1n) is 10.4. The average Bonchev–Trinajstić information content (AvgIpc) is 3.24. The number of para-hydroxylation sites is 1. The van der Waals surface area contributed by atoms with E-state index < -0.39 is 38.9 Å². The van der Waals surface area contributed by atoms with Crippen molar-refractivity contribution in [3.8, 4) is 17.6 Å². The molecule has 1 saturated carbocycles. The van der Waals surface area contributed by atoms with Crippen molar-refractivity contribution < 1.29 is 23.4 Å². The molecule has 0 radical (unpaired) electrons. The van der Waals surface area contributed by atoms with Crippen molar-refractivity contribution in [2.45, 2.75) is 31.9 Å². The number of carboxylic acid groups (broad SMARTS) is 1. The molecule has 0 aliphatic heterocycles. The van der Waals surface area contributed by atoms with Gasteiger partial charge in [-0.05, 0) is 41.0 Å². The third-order valence-corrected chi connectivity index (χ3v) is 7.62. The summed E-state index contributed by atoms with van der Waals surface area (Å²) >= 11 is 6.32. The van der Waals surface area contributed by atoms with Crippen molar-refractivity contribution in [2.24, 2.45) is 16.7 Å². The third kappa shape index (κ3) is 4.47. The Morgan fingerprint density at radius 3 is 2.48 bits per heavy atom. The second-order valence-corrected chi connectivity index (χ2v) is 10.2. The second-order valence-electron chi connectivity index (χ2n) is 8.39. The maximum atomic E-state index is 14.3. The van der Waals surface area contributed by atoms with E-state index in [1.807, 2.05) is 18.2 Å². The van der Waals surface area contributed by atoms with Crippen LogP contribution in [0.2, 0.25) is 0 Å². The molecule has 33 heavy (non-hydrogen) atoms. The Morgan fingerprint density at radius 1 is 1.27 bits per heavy atom. The lowest BCUT2D eigenvalue weighted by molar-refractivity contribution is -0.145. The summed E-state index contributed by atoms with van der Waals surface area (Å²) < 4.78 is 34.5. The number of halogens is 3. The quantitative estimate of drug-likeness (QED) is 0.399. The molecule has 174 valence electrons. The highest BCUT2D eigenvalue weighted by atomic mass is 35.5. The number of hydrogen-bond donors (Lipinski definition) is 1. The number of thioether (sulfide) groups is 1. The van der Waals surface area contributed by atoms with Crippen LogP contribution >= 0.6 is 23.4 Å². The second kappa shape index (κ2) is 9.36. The zero-order valence-corrected chi connectivity index (χ0v) is 20.0. The van der Waals surface area contributed by atoms with Gasteiger partial charge in [0.15, 0.2) is 0 Å². The van der Waals surface area contributed by atoms with Crippen LogP contribution in [0.5, 0.6) is 11.5 Å². The summed E-state index contributed by atoms with van der Waals surface area (Å²) in [7, 11) is 0. The molecule has 1 aliphatic carbocycles. The van der Waals surface area contributed by atoms with Gasteiger partial charge >= 0.3 is 11.2 Å². The van der Waals surface area contributed by atoms with Gasteiger partial charge in [0.25, 0.3) is 0 Å². The molecule has 1 N–H and O–H groups in total. The van der Waals surface area contributed by atoms with Gasteiger partial charge in [-0.1, -0.05) is 80.5 Å². The molecule has 3 atom stereocenters. The molecule has 3 rings (SSSR count). The predicted octanol–water partition coefficient (Wildman–Crippen LogP) is 7.28. The van der Waals surface area contributed by atoms with Gasteiger partial charge < -0.3 is 9.84 Å². The summed E-state index contributed by atoms with van der Waals surface area (Å²) in [6, 6.07) is 17.8. The predicted molar refractivity (Wildman–Crippen MR) is 126 cm³/mol. The van der Waals surface area contributed by atoms with Crippen LogP contribution in [-0.2, 0) is 4.79 Å². The molecule has 0 aromatic heterocycles. The minimum Gasteiger partial charge on any atom is -0.481 e. The number of alkyl halides is 2. The number of carbonyl (C=O) groups is 1. The van der Waals surface area contributed by atoms with E-state index in [2.05, 4.69) is 6.07 Å². The minimum atomic E-state index is -3.33. The Bertz CT molecular complexity index is 1100. The molecule has 1 aliphatic rings. The molecule has 2 aromatic carbocycles. The fourth-order valence-corrected chi connectivity index (χ4v) is 5.43. The monoisotopic (exact) mass is 491 g/mol. The van der Waals surface area contributed by atoms with Gasteiger partial charge in [-0.2, -0.15) is 14.0 Å². The normalized spacial score (nSPS) is 22.8. The first-order valence-corrected chi connectivity index (χ1v) is 11.7. The zero-order valence-electron chi connectivity index (χ0n) is 18.4. The van der Waals surface area contributed by atoms with Crippen LogP contribution in [0.1, 0.15) is 32.3 Å². The van der Waals surface area contributed by atoms with Crippen LogP contribution in [0.15, 0.2) is 65.7 Å². The first-order chi connectivity index (χ1) is 15.5. The van der Waals surface area contributed by atoms with Crippen LogP contribution in [0.4, 0.5) is 8.78 Å². The van der Waals surface area contributed by atoms with E-state index in [0.717, 1.165) is 6.08 Å². The Kier molecular flexibility index (Phi) is 7.11. The number of nitriles is 1. The van der Waals surface area contributed by atoms with Crippen LogP contribution < -0.4 is 4.74 Å². The van der Waals surface area contributed by atoms with E-state index in [4.69, 9.17) is 16.3 Å². The van der Waals surface area contributed by atoms with Gasteiger partial charge in [0.2, 0.25) is 0 Å². The third-order valence-electron chi connectivity index (χ3n) is 6.28. The highest BCUT2D eigenvalue weighted by Crippen LogP contribution is 2.75. The zero-order chi connectivity index (χ0) is 24.4. The summed E-state index contributed by atoms with van der Waals surface area (Å²) in [5.74, 6) is -2.03. The van der Waals surface area contributed by atoms with Crippen LogP contribution in [0.3, 0.4) is 0 Å². The number of hydrogen-bond acceptors (Lipinski definition) is 4. The Balaban J connectivity index is 2.01. The van der Waals surface area contributed by atoms with E-state index >= 15 is 0 Å². The number of carboxylic acids is 1. The summed E-state index contributed by atoms with van der Waals surface area (Å²) in [5, 5.41) is 16.3. The number of rotatable bonds is 9. The highest BCUT2D eigenvalue weighted by molar-refractivity contribution is 8.00. The molecule has 0 spiro atoms. The Labute approximate surface area is 201 Å². The number of benzene rings is 2. The van der Waals surface area contributed by atoms with E-state index in [-0.39, 0.29) is 5.75 Å². The Morgan fingerprint density at radius 2 is 1.91 bits per heavy atom. The van der Waals surface area contributed by atoms with Gasteiger partial charge in [-0.25, -0.2) is 0 Å². The van der Waals surface area contributed by atoms with E-state index in [1.54, 1.807) is 57.2 Å². The van der Waals surface area contributed by atoms with Crippen LogP contribution in [0, 0.1) is 28.1 Å². The average molecular weight is 492 g/mol. The van der Waals surface area contributed by atoms with Gasteiger partial charge in [0.1, 0.15) is 16.9 Å². The largest absolute Gasteiger partial charge is 0.481 e. The van der Waals surface area contributed by atoms with E-state index in [9.17, 15) is 23.9 Å². The van der Waals surface area contributed by atoms with E-state index in [1.165, 1.54) is 0 Å². The first kappa shape index (κ1) is 25.1. The molecule has 0 heterocycles. The molecular formula is C25H24ClF2NO3S. The van der Waals surface area contributed by atoms with E-state index in [0.29, 0.717) is 28.8 Å². The summed E-state index contributed by atoms with van der Waals surface area (Å²) in [6.07, 6.45) is 1.12. The summed E-state index contributed by atoms with van der Waals surface area (Å²) in [6.45, 7) is 4.90. The molecule has 0 amide bonds. The van der Waals surface area contributed by atoms with Gasteiger partial charge in [-0.15, -0.1) is 0 Å². The fourth-order valence-electron chi connectivity index (χ4n) is 4.58. The topological polar surface area (TPSA) is 70.3 Å². The van der Waals surface area contributed by atoms with Crippen molar-refractivity contribution in [1.82, 2.24) is 0 Å². The molecular weight excluding hydrogens is 468 g/mol. The number of allylic oxidation sites excluding steroid dienone is 1. The van der Waals surface area contributed by atoms with Gasteiger partial charge in [0.05, 0.1) is 17.0 Å². The lowest BCUT2D eigenvalue weighted by Gasteiger charge is -2.22. The summed E-state index contributed by atoms with van der Waals surface area (Å²) in [4.78, 5) is 12.6. The standard InChI is InChI=1S/C25H24ClF2NO3S/c1-4-33-25(27,28)21(26)14-20-23(2,3)24(20,22(30)31)19(15-29)16-9-8-12-18(13-16)32-17-10-6-5-7-11-17/h5-14,19-20H,4H2,1-3H3,(H,30,31). The highest BCUT2D eigenvalue weighted by Gasteiger charge is 2.78. The van der Waals surface area contributed by atoms with Crippen molar-refractivity contribution in [2.75, 3.05) is 5.75 Å². The smallest absolute Gasteiger partial charge is 0.329 e. The molecule has 3 unspecified atom stereocenters. The molecule has 2 aromatic rings. The molecule has 4 nitrogen and oxygen atoms in total.